The molecule has 0 saturated carbocycles. The third-order valence-electron chi connectivity index (χ3n) is 3.65. The average Bonchev–Trinajstić information content (AvgIpc) is 2.86. The first-order valence-corrected chi connectivity index (χ1v) is 6.40. The van der Waals surface area contributed by atoms with Gasteiger partial charge in [-0.1, -0.05) is 0 Å². The van der Waals surface area contributed by atoms with E-state index in [1.807, 2.05) is 0 Å². The Morgan fingerprint density at radius 3 is 2.63 bits per heavy atom. The van der Waals surface area contributed by atoms with Gasteiger partial charge in [0.05, 0.1) is 12.8 Å². The zero-order valence-corrected chi connectivity index (χ0v) is 10.8. The maximum Gasteiger partial charge on any atom is 0.145 e. The molecule has 19 heavy (non-hydrogen) atoms. The number of halogens is 1. The molecule has 3 N–H and O–H groups in total. The molecule has 1 aliphatic carbocycles. The van der Waals surface area contributed by atoms with Gasteiger partial charge in [-0.15, -0.1) is 0 Å². The van der Waals surface area contributed by atoms with Crippen LogP contribution < -0.4 is 10.5 Å². The Labute approximate surface area is 110 Å². The van der Waals surface area contributed by atoms with Crippen LogP contribution in [0.3, 0.4) is 0 Å². The number of methoxy groups -OCH3 is 1. The minimum Gasteiger partial charge on any atom is -0.496 e. The van der Waals surface area contributed by atoms with Crippen LogP contribution >= 0.6 is 0 Å². The lowest BCUT2D eigenvalue weighted by molar-refractivity contribution is 0.404. The molecular formula is C14H16FN3O. The minimum atomic E-state index is -0.181. The van der Waals surface area contributed by atoms with Crippen molar-refractivity contribution in [2.24, 2.45) is 0 Å². The summed E-state index contributed by atoms with van der Waals surface area (Å²) >= 11 is 0. The summed E-state index contributed by atoms with van der Waals surface area (Å²) in [5.41, 5.74) is 8.41. The predicted molar refractivity (Wildman–Crippen MR) is 71.6 cm³/mol. The molecule has 1 aliphatic rings. The maximum absolute atomic E-state index is 14.6. The van der Waals surface area contributed by atoms with Gasteiger partial charge in [0.1, 0.15) is 17.4 Å². The van der Waals surface area contributed by atoms with Gasteiger partial charge in [0.15, 0.2) is 0 Å². The van der Waals surface area contributed by atoms with Gasteiger partial charge in [-0.05, 0) is 37.3 Å². The van der Waals surface area contributed by atoms with Crippen LogP contribution in [0.2, 0.25) is 0 Å². The first-order valence-electron chi connectivity index (χ1n) is 6.40. The maximum atomic E-state index is 14.6. The molecule has 0 unspecified atom stereocenters. The molecule has 2 aromatic rings. The van der Waals surface area contributed by atoms with E-state index in [-0.39, 0.29) is 5.82 Å². The zero-order chi connectivity index (χ0) is 13.4. The summed E-state index contributed by atoms with van der Waals surface area (Å²) in [6.45, 7) is 0. The molecule has 0 atom stereocenters. The van der Waals surface area contributed by atoms with Crippen molar-refractivity contribution in [1.29, 1.82) is 0 Å². The third-order valence-corrected chi connectivity index (χ3v) is 3.65. The minimum absolute atomic E-state index is 0.181. The number of rotatable bonds is 2. The Morgan fingerprint density at radius 2 is 2.00 bits per heavy atom. The van der Waals surface area contributed by atoms with Gasteiger partial charge in [0.2, 0.25) is 0 Å². The monoisotopic (exact) mass is 261 g/mol. The summed E-state index contributed by atoms with van der Waals surface area (Å²) in [5, 5.41) is 6.60. The molecule has 0 fully saturated rings. The SMILES string of the molecule is COc1cc(-c2cc(N)n[nH]2)c(F)c2c1CCCC2. The summed E-state index contributed by atoms with van der Waals surface area (Å²) in [6, 6.07) is 3.36. The van der Waals surface area contributed by atoms with Gasteiger partial charge in [-0.2, -0.15) is 5.10 Å². The van der Waals surface area contributed by atoms with Crippen molar-refractivity contribution >= 4 is 5.82 Å². The molecule has 1 aromatic heterocycles. The second kappa shape index (κ2) is 4.57. The Hall–Kier alpha value is -2.04. The van der Waals surface area contributed by atoms with Crippen LogP contribution in [0.5, 0.6) is 5.75 Å². The highest BCUT2D eigenvalue weighted by Gasteiger charge is 2.22. The fourth-order valence-electron chi connectivity index (χ4n) is 2.72. The number of nitrogen functional groups attached to an aromatic ring is 1. The fourth-order valence-corrected chi connectivity index (χ4v) is 2.72. The van der Waals surface area contributed by atoms with Crippen LogP contribution in [-0.4, -0.2) is 17.3 Å². The number of fused-ring (bicyclic) bond motifs is 1. The average molecular weight is 261 g/mol. The van der Waals surface area contributed by atoms with Gasteiger partial charge < -0.3 is 10.5 Å². The van der Waals surface area contributed by atoms with Crippen molar-refractivity contribution < 1.29 is 9.13 Å². The van der Waals surface area contributed by atoms with Gasteiger partial charge in [0, 0.05) is 17.2 Å². The number of nitrogens with zero attached hydrogens (tertiary/aromatic N) is 1. The van der Waals surface area contributed by atoms with Crippen molar-refractivity contribution in [3.8, 4) is 17.0 Å². The lowest BCUT2D eigenvalue weighted by Gasteiger charge is -2.21. The predicted octanol–water partition coefficient (Wildman–Crippen LogP) is 2.69. The van der Waals surface area contributed by atoms with Crippen LogP contribution in [0.15, 0.2) is 12.1 Å². The Morgan fingerprint density at radius 1 is 1.26 bits per heavy atom. The van der Waals surface area contributed by atoms with E-state index in [0.29, 0.717) is 17.1 Å². The molecule has 5 heteroatoms. The van der Waals surface area contributed by atoms with Crippen molar-refractivity contribution in [2.45, 2.75) is 25.7 Å². The van der Waals surface area contributed by atoms with Crippen molar-refractivity contribution in [3.05, 3.63) is 29.1 Å². The van der Waals surface area contributed by atoms with Crippen LogP contribution in [0.25, 0.3) is 11.3 Å². The van der Waals surface area contributed by atoms with Crippen molar-refractivity contribution in [3.63, 3.8) is 0 Å². The third kappa shape index (κ3) is 1.95. The second-order valence-electron chi connectivity index (χ2n) is 4.81. The van der Waals surface area contributed by atoms with E-state index in [0.717, 1.165) is 42.6 Å². The van der Waals surface area contributed by atoms with Gasteiger partial charge >= 0.3 is 0 Å². The molecule has 0 aliphatic heterocycles. The highest BCUT2D eigenvalue weighted by Crippen LogP contribution is 2.37. The fraction of sp³-hybridized carbons (Fsp3) is 0.357. The summed E-state index contributed by atoms with van der Waals surface area (Å²) in [7, 11) is 1.62. The van der Waals surface area contributed by atoms with Crippen LogP contribution in [0.4, 0.5) is 10.2 Å². The van der Waals surface area contributed by atoms with Gasteiger partial charge in [0.25, 0.3) is 0 Å². The number of ether oxygens (including phenoxy) is 1. The van der Waals surface area contributed by atoms with E-state index < -0.39 is 0 Å². The molecule has 0 spiro atoms. The first-order chi connectivity index (χ1) is 9.20. The Kier molecular flexibility index (Phi) is 2.89. The molecule has 0 amide bonds. The van der Waals surface area contributed by atoms with E-state index in [1.54, 1.807) is 19.2 Å². The molecule has 1 aromatic carbocycles. The van der Waals surface area contributed by atoms with E-state index in [2.05, 4.69) is 10.2 Å². The van der Waals surface area contributed by atoms with E-state index >= 15 is 0 Å². The summed E-state index contributed by atoms with van der Waals surface area (Å²) < 4.78 is 20.0. The molecule has 0 bridgehead atoms. The number of anilines is 1. The number of hydrogen-bond acceptors (Lipinski definition) is 3. The van der Waals surface area contributed by atoms with Crippen LogP contribution in [0, 0.1) is 5.82 Å². The summed E-state index contributed by atoms with van der Waals surface area (Å²) in [5.74, 6) is 0.921. The summed E-state index contributed by atoms with van der Waals surface area (Å²) in [6.07, 6.45) is 3.73. The largest absolute Gasteiger partial charge is 0.496 e. The smallest absolute Gasteiger partial charge is 0.145 e. The topological polar surface area (TPSA) is 63.9 Å². The number of benzene rings is 1. The first kappa shape index (κ1) is 12.0. The Balaban J connectivity index is 2.20. The summed E-state index contributed by atoms with van der Waals surface area (Å²) in [4.78, 5) is 0. The second-order valence-corrected chi connectivity index (χ2v) is 4.81. The zero-order valence-electron chi connectivity index (χ0n) is 10.8. The Bertz CT molecular complexity index is 621. The molecule has 0 radical (unpaired) electrons. The van der Waals surface area contributed by atoms with Crippen molar-refractivity contribution in [2.75, 3.05) is 12.8 Å². The number of H-pyrrole nitrogens is 1. The molecular weight excluding hydrogens is 245 g/mol. The molecule has 1 heterocycles. The standard InChI is InChI=1S/C14H16FN3O/c1-19-12-6-10(11-7-13(16)18-17-11)14(15)9-5-3-2-4-8(9)12/h6-7H,2-5H2,1H3,(H3,16,17,18). The highest BCUT2D eigenvalue weighted by atomic mass is 19.1. The molecule has 3 rings (SSSR count). The normalized spacial score (nSPS) is 14.2. The highest BCUT2D eigenvalue weighted by molar-refractivity contribution is 5.67. The van der Waals surface area contributed by atoms with Crippen LogP contribution in [0.1, 0.15) is 24.0 Å². The van der Waals surface area contributed by atoms with E-state index in [1.165, 1.54) is 0 Å². The van der Waals surface area contributed by atoms with Gasteiger partial charge in [-0.3, -0.25) is 5.10 Å². The number of aromatic amines is 1. The lowest BCUT2D eigenvalue weighted by atomic mass is 9.88. The lowest BCUT2D eigenvalue weighted by Crippen LogP contribution is -2.09. The molecule has 4 nitrogen and oxygen atoms in total. The van der Waals surface area contributed by atoms with Gasteiger partial charge in [-0.25, -0.2) is 4.39 Å². The molecule has 100 valence electrons. The quantitative estimate of drug-likeness (QED) is 0.873. The molecule has 0 saturated heterocycles. The number of nitrogens with two attached hydrogens (primary N) is 1. The van der Waals surface area contributed by atoms with E-state index in [4.69, 9.17) is 10.5 Å². The number of nitrogens with one attached hydrogen (secondary N) is 1. The van der Waals surface area contributed by atoms with Crippen molar-refractivity contribution in [1.82, 2.24) is 10.2 Å². The van der Waals surface area contributed by atoms with Crippen LogP contribution in [-0.2, 0) is 12.8 Å². The van der Waals surface area contributed by atoms with E-state index in [9.17, 15) is 4.39 Å². The number of aromatic nitrogens is 2. The number of hydrogen-bond donors (Lipinski definition) is 2.